The van der Waals surface area contributed by atoms with Crippen molar-refractivity contribution in [3.8, 4) is 11.5 Å². The molecule has 0 aliphatic heterocycles. The van der Waals surface area contributed by atoms with Crippen LogP contribution in [0.25, 0.3) is 0 Å². The quantitative estimate of drug-likeness (QED) is 0.539. The fourth-order valence-corrected chi connectivity index (χ4v) is 6.61. The summed E-state index contributed by atoms with van der Waals surface area (Å²) in [5.41, 5.74) is 0.377. The van der Waals surface area contributed by atoms with Crippen molar-refractivity contribution in [1.29, 1.82) is 0 Å². The Labute approximate surface area is 176 Å². The third-order valence-electron chi connectivity index (χ3n) is 6.69. The Morgan fingerprint density at radius 2 is 1.79 bits per heavy atom. The predicted octanol–water partition coefficient (Wildman–Crippen LogP) is 3.44. The van der Waals surface area contributed by atoms with Gasteiger partial charge in [-0.3, -0.25) is 9.59 Å². The molecule has 29 heavy (non-hydrogen) atoms. The highest BCUT2D eigenvalue weighted by Crippen LogP contribution is 2.64. The maximum Gasteiger partial charge on any atom is 0.312 e. The fraction of sp³-hybridized carbons (Fsp3) is 0.636. The van der Waals surface area contributed by atoms with E-state index in [2.05, 4.69) is 5.32 Å². The molecule has 4 atom stereocenters. The summed E-state index contributed by atoms with van der Waals surface area (Å²) < 4.78 is 15.9. The smallest absolute Gasteiger partial charge is 0.312 e. The number of halogens is 1. The van der Waals surface area contributed by atoms with Crippen LogP contribution in [0.5, 0.6) is 11.5 Å². The van der Waals surface area contributed by atoms with Gasteiger partial charge < -0.3 is 19.5 Å². The van der Waals surface area contributed by atoms with Crippen LogP contribution in [0, 0.1) is 17.3 Å². The van der Waals surface area contributed by atoms with E-state index >= 15 is 0 Å². The molecule has 0 aromatic heterocycles. The Morgan fingerprint density at radius 3 is 2.41 bits per heavy atom. The number of nitrogens with one attached hydrogen (secondary N) is 1. The maximum atomic E-state index is 12.9. The van der Waals surface area contributed by atoms with E-state index in [0.29, 0.717) is 36.3 Å². The molecule has 158 valence electrons. The molecule has 1 aromatic carbocycles. The summed E-state index contributed by atoms with van der Waals surface area (Å²) in [4.78, 5) is 24.8. The summed E-state index contributed by atoms with van der Waals surface area (Å²) in [7, 11) is 3.14. The number of esters is 1. The number of alkyl halides is 1. The molecule has 5 rings (SSSR count). The van der Waals surface area contributed by atoms with E-state index in [1.54, 1.807) is 26.4 Å². The largest absolute Gasteiger partial charge is 0.493 e. The standard InChI is InChI=1S/C22H28ClNO5/c1-27-17-4-3-14(6-18(17)28-2)11-24-19(25)12-29-20(26)21-7-15-5-16(8-21)10-22(23,9-15)13-21/h3-4,6,15-16H,5,7-13H2,1-2H3,(H,24,25)/t15-,16+,21?,22?. The van der Waals surface area contributed by atoms with Gasteiger partial charge in [-0.05, 0) is 68.1 Å². The lowest BCUT2D eigenvalue weighted by Crippen LogP contribution is -2.56. The zero-order valence-corrected chi connectivity index (χ0v) is 17.7. The van der Waals surface area contributed by atoms with Gasteiger partial charge in [0.1, 0.15) is 0 Å². The second-order valence-electron chi connectivity index (χ2n) is 8.93. The van der Waals surface area contributed by atoms with Gasteiger partial charge in [-0.25, -0.2) is 0 Å². The molecule has 1 N–H and O–H groups in total. The minimum atomic E-state index is -0.491. The summed E-state index contributed by atoms with van der Waals surface area (Å²) in [6, 6.07) is 5.44. The number of benzene rings is 1. The first-order valence-corrected chi connectivity index (χ1v) is 10.6. The molecule has 0 saturated heterocycles. The van der Waals surface area contributed by atoms with Crippen LogP contribution in [0.4, 0.5) is 0 Å². The van der Waals surface area contributed by atoms with Crippen LogP contribution in [0.2, 0.25) is 0 Å². The van der Waals surface area contributed by atoms with Crippen molar-refractivity contribution in [3.63, 3.8) is 0 Å². The minimum Gasteiger partial charge on any atom is -0.493 e. The van der Waals surface area contributed by atoms with Gasteiger partial charge in [0.2, 0.25) is 0 Å². The van der Waals surface area contributed by atoms with Crippen molar-refractivity contribution in [2.75, 3.05) is 20.8 Å². The average molecular weight is 422 g/mol. The first-order chi connectivity index (χ1) is 13.8. The summed E-state index contributed by atoms with van der Waals surface area (Å²) in [6.07, 6.45) is 5.57. The average Bonchev–Trinajstić information content (AvgIpc) is 2.68. The van der Waals surface area contributed by atoms with Gasteiger partial charge in [0.05, 0.1) is 19.6 Å². The molecule has 7 heteroatoms. The van der Waals surface area contributed by atoms with Crippen molar-refractivity contribution < 1.29 is 23.8 Å². The zero-order chi connectivity index (χ0) is 20.6. The van der Waals surface area contributed by atoms with E-state index in [1.807, 2.05) is 6.07 Å². The maximum absolute atomic E-state index is 12.9. The zero-order valence-electron chi connectivity index (χ0n) is 17.0. The highest BCUT2D eigenvalue weighted by atomic mass is 35.5. The molecule has 4 saturated carbocycles. The lowest BCUT2D eigenvalue weighted by atomic mass is 9.49. The number of methoxy groups -OCH3 is 2. The van der Waals surface area contributed by atoms with Gasteiger partial charge in [-0.1, -0.05) is 6.07 Å². The molecule has 1 amide bonds. The third-order valence-corrected chi connectivity index (χ3v) is 7.14. The summed E-state index contributed by atoms with van der Waals surface area (Å²) in [6.45, 7) is 0.0509. The van der Waals surface area contributed by atoms with Gasteiger partial charge >= 0.3 is 5.97 Å². The molecule has 4 fully saturated rings. The summed E-state index contributed by atoms with van der Waals surface area (Å²) in [5.74, 6) is 1.68. The van der Waals surface area contributed by atoms with Crippen molar-refractivity contribution in [2.24, 2.45) is 17.3 Å². The molecule has 2 unspecified atom stereocenters. The van der Waals surface area contributed by atoms with E-state index in [1.165, 1.54) is 6.42 Å². The van der Waals surface area contributed by atoms with Gasteiger partial charge in [0.25, 0.3) is 5.91 Å². The Morgan fingerprint density at radius 1 is 1.10 bits per heavy atom. The SMILES string of the molecule is COc1ccc(CNC(=O)COC(=O)C23C[C@@H]4C[C@@H](CC(Cl)(C4)C2)C3)cc1OC. The molecular weight excluding hydrogens is 394 g/mol. The van der Waals surface area contributed by atoms with Crippen LogP contribution >= 0.6 is 11.6 Å². The van der Waals surface area contributed by atoms with Crippen LogP contribution in [0.3, 0.4) is 0 Å². The van der Waals surface area contributed by atoms with Crippen LogP contribution in [-0.2, 0) is 20.9 Å². The minimum absolute atomic E-state index is 0.251. The van der Waals surface area contributed by atoms with Crippen LogP contribution < -0.4 is 14.8 Å². The fourth-order valence-electron chi connectivity index (χ4n) is 5.92. The number of amides is 1. The Hall–Kier alpha value is -1.95. The molecule has 4 bridgehead atoms. The molecule has 0 heterocycles. The van der Waals surface area contributed by atoms with E-state index in [4.69, 9.17) is 25.8 Å². The van der Waals surface area contributed by atoms with Crippen molar-refractivity contribution >= 4 is 23.5 Å². The van der Waals surface area contributed by atoms with Crippen LogP contribution in [-0.4, -0.2) is 37.6 Å². The number of rotatable bonds is 7. The molecule has 0 spiro atoms. The first-order valence-electron chi connectivity index (χ1n) is 10.2. The Balaban J connectivity index is 1.29. The molecule has 4 aliphatic carbocycles. The van der Waals surface area contributed by atoms with Gasteiger partial charge in [0.15, 0.2) is 18.1 Å². The molecular formula is C22H28ClNO5. The number of carbonyl (C=O) groups excluding carboxylic acids is 2. The van der Waals surface area contributed by atoms with E-state index in [0.717, 1.165) is 31.2 Å². The van der Waals surface area contributed by atoms with Crippen LogP contribution in [0.1, 0.15) is 44.1 Å². The second-order valence-corrected chi connectivity index (χ2v) is 9.74. The van der Waals surface area contributed by atoms with E-state index in [9.17, 15) is 9.59 Å². The van der Waals surface area contributed by atoms with Crippen molar-refractivity contribution in [1.82, 2.24) is 5.32 Å². The third kappa shape index (κ3) is 4.04. The number of ether oxygens (including phenoxy) is 3. The normalized spacial score (nSPS) is 32.0. The highest BCUT2D eigenvalue weighted by molar-refractivity contribution is 6.24. The van der Waals surface area contributed by atoms with Gasteiger partial charge in [-0.15, -0.1) is 11.6 Å². The predicted molar refractivity (Wildman–Crippen MR) is 108 cm³/mol. The second kappa shape index (κ2) is 7.71. The lowest BCUT2D eigenvalue weighted by Gasteiger charge is -2.58. The molecule has 1 aromatic rings. The highest BCUT2D eigenvalue weighted by Gasteiger charge is 2.60. The summed E-state index contributed by atoms with van der Waals surface area (Å²) >= 11 is 6.78. The van der Waals surface area contributed by atoms with Gasteiger partial charge in [0, 0.05) is 11.4 Å². The number of carbonyl (C=O) groups is 2. The lowest BCUT2D eigenvalue weighted by molar-refractivity contribution is -0.171. The number of hydrogen-bond donors (Lipinski definition) is 1. The molecule has 6 nitrogen and oxygen atoms in total. The first kappa shape index (κ1) is 20.3. The van der Waals surface area contributed by atoms with E-state index in [-0.39, 0.29) is 23.4 Å². The van der Waals surface area contributed by atoms with Crippen LogP contribution in [0.15, 0.2) is 18.2 Å². The van der Waals surface area contributed by atoms with Crippen molar-refractivity contribution in [2.45, 2.75) is 49.9 Å². The molecule has 0 radical (unpaired) electrons. The monoisotopic (exact) mass is 421 g/mol. The Bertz CT molecular complexity index is 796. The van der Waals surface area contributed by atoms with Gasteiger partial charge in [-0.2, -0.15) is 0 Å². The van der Waals surface area contributed by atoms with Crippen molar-refractivity contribution in [3.05, 3.63) is 23.8 Å². The molecule has 4 aliphatic rings. The Kier molecular flexibility index (Phi) is 5.40. The summed E-state index contributed by atoms with van der Waals surface area (Å²) in [5, 5.41) is 2.79. The topological polar surface area (TPSA) is 73.9 Å². The number of hydrogen-bond acceptors (Lipinski definition) is 5. The van der Waals surface area contributed by atoms with E-state index < -0.39 is 5.41 Å².